The van der Waals surface area contributed by atoms with Crippen molar-refractivity contribution in [2.45, 2.75) is 0 Å². The fourth-order valence-corrected chi connectivity index (χ4v) is 3.21. The summed E-state index contributed by atoms with van der Waals surface area (Å²) in [7, 11) is 3.23. The highest BCUT2D eigenvalue weighted by Crippen LogP contribution is 2.29. The van der Waals surface area contributed by atoms with Crippen LogP contribution in [0.5, 0.6) is 17.2 Å². The summed E-state index contributed by atoms with van der Waals surface area (Å²) in [5.41, 5.74) is 1.74. The number of carbonyl (C=O) groups is 1. The Hall–Kier alpha value is -3.15. The molecule has 0 unspecified atom stereocenters. The summed E-state index contributed by atoms with van der Waals surface area (Å²) in [6, 6.07) is 13.3. The predicted molar refractivity (Wildman–Crippen MR) is 110 cm³/mol. The normalized spacial score (nSPS) is 13.8. The molecular formula is C22H26N2O4. The lowest BCUT2D eigenvalue weighted by molar-refractivity contribution is 0.0746. The quantitative estimate of drug-likeness (QED) is 0.688. The van der Waals surface area contributed by atoms with Crippen molar-refractivity contribution < 1.29 is 19.0 Å². The van der Waals surface area contributed by atoms with Gasteiger partial charge in [0.05, 0.1) is 14.2 Å². The average molecular weight is 382 g/mol. The largest absolute Gasteiger partial charge is 0.497 e. The molecule has 148 valence electrons. The van der Waals surface area contributed by atoms with Gasteiger partial charge < -0.3 is 24.0 Å². The second-order valence-corrected chi connectivity index (χ2v) is 6.44. The van der Waals surface area contributed by atoms with E-state index in [0.717, 1.165) is 24.5 Å². The zero-order chi connectivity index (χ0) is 19.9. The number of anilines is 1. The number of amides is 1. The summed E-state index contributed by atoms with van der Waals surface area (Å²) in [4.78, 5) is 17.0. The van der Waals surface area contributed by atoms with Crippen LogP contribution in [0.25, 0.3) is 0 Å². The fraction of sp³-hybridized carbons (Fsp3) is 0.318. The van der Waals surface area contributed by atoms with Gasteiger partial charge in [-0.2, -0.15) is 0 Å². The van der Waals surface area contributed by atoms with Gasteiger partial charge >= 0.3 is 0 Å². The Balaban J connectivity index is 1.63. The second-order valence-electron chi connectivity index (χ2n) is 6.44. The molecular weight excluding hydrogens is 356 g/mol. The lowest BCUT2D eigenvalue weighted by Gasteiger charge is -2.36. The van der Waals surface area contributed by atoms with E-state index >= 15 is 0 Å². The number of benzene rings is 2. The van der Waals surface area contributed by atoms with Crippen LogP contribution < -0.4 is 19.1 Å². The Labute approximate surface area is 165 Å². The number of nitrogens with zero attached hydrogens (tertiary/aromatic N) is 2. The highest BCUT2D eigenvalue weighted by atomic mass is 16.5. The Morgan fingerprint density at radius 3 is 2.32 bits per heavy atom. The molecule has 1 heterocycles. The van der Waals surface area contributed by atoms with Gasteiger partial charge in [0, 0.05) is 37.4 Å². The maximum Gasteiger partial charge on any atom is 0.254 e. The van der Waals surface area contributed by atoms with E-state index in [0.29, 0.717) is 36.8 Å². The summed E-state index contributed by atoms with van der Waals surface area (Å²) >= 11 is 0. The lowest BCUT2D eigenvalue weighted by Crippen LogP contribution is -2.48. The van der Waals surface area contributed by atoms with Crippen LogP contribution in [0.1, 0.15) is 10.4 Å². The zero-order valence-corrected chi connectivity index (χ0v) is 16.4. The van der Waals surface area contributed by atoms with E-state index in [1.807, 2.05) is 29.2 Å². The standard InChI is InChI=1S/C22H26N2O4/c1-4-15-28-20-10-5-17(16-21(20)27-3)22(25)24-13-11-23(12-14-24)18-6-8-19(26-2)9-7-18/h4-10,16H,1,11-15H2,2-3H3. The maximum atomic E-state index is 12.9. The van der Waals surface area contributed by atoms with Crippen molar-refractivity contribution in [3.05, 3.63) is 60.7 Å². The molecule has 0 radical (unpaired) electrons. The van der Waals surface area contributed by atoms with E-state index in [4.69, 9.17) is 14.2 Å². The third-order valence-electron chi connectivity index (χ3n) is 4.77. The van der Waals surface area contributed by atoms with E-state index in [1.54, 1.807) is 38.5 Å². The zero-order valence-electron chi connectivity index (χ0n) is 16.4. The van der Waals surface area contributed by atoms with E-state index in [1.165, 1.54) is 0 Å². The number of ether oxygens (including phenoxy) is 3. The van der Waals surface area contributed by atoms with Gasteiger partial charge in [0.2, 0.25) is 0 Å². The van der Waals surface area contributed by atoms with Crippen molar-refractivity contribution in [3.8, 4) is 17.2 Å². The van der Waals surface area contributed by atoms with E-state index in [9.17, 15) is 4.79 Å². The molecule has 28 heavy (non-hydrogen) atoms. The van der Waals surface area contributed by atoms with Crippen LogP contribution in [0.4, 0.5) is 5.69 Å². The van der Waals surface area contributed by atoms with Crippen molar-refractivity contribution in [3.63, 3.8) is 0 Å². The molecule has 6 nitrogen and oxygen atoms in total. The summed E-state index contributed by atoms with van der Waals surface area (Å²) < 4.78 is 16.1. The third kappa shape index (κ3) is 4.39. The van der Waals surface area contributed by atoms with Crippen molar-refractivity contribution >= 4 is 11.6 Å². The smallest absolute Gasteiger partial charge is 0.254 e. The van der Waals surface area contributed by atoms with Crippen molar-refractivity contribution in [2.75, 3.05) is 51.9 Å². The minimum atomic E-state index is 0.00273. The molecule has 0 aromatic heterocycles. The number of hydrogen-bond donors (Lipinski definition) is 0. The number of carbonyl (C=O) groups excluding carboxylic acids is 1. The van der Waals surface area contributed by atoms with Gasteiger partial charge in [0.1, 0.15) is 12.4 Å². The SMILES string of the molecule is C=CCOc1ccc(C(=O)N2CCN(c3ccc(OC)cc3)CC2)cc1OC. The van der Waals surface area contributed by atoms with Crippen LogP contribution >= 0.6 is 0 Å². The van der Waals surface area contributed by atoms with Crippen molar-refractivity contribution in [2.24, 2.45) is 0 Å². The van der Waals surface area contributed by atoms with Crippen LogP contribution in [0.3, 0.4) is 0 Å². The first kappa shape index (κ1) is 19.6. The van der Waals surface area contributed by atoms with Crippen LogP contribution in [0.15, 0.2) is 55.1 Å². The van der Waals surface area contributed by atoms with Gasteiger partial charge in [-0.1, -0.05) is 12.7 Å². The minimum Gasteiger partial charge on any atom is -0.497 e. The molecule has 6 heteroatoms. The van der Waals surface area contributed by atoms with Crippen LogP contribution in [0.2, 0.25) is 0 Å². The van der Waals surface area contributed by atoms with Crippen LogP contribution in [0, 0.1) is 0 Å². The molecule has 2 aromatic rings. The van der Waals surface area contributed by atoms with Crippen LogP contribution in [-0.2, 0) is 0 Å². The van der Waals surface area contributed by atoms with E-state index in [2.05, 4.69) is 11.5 Å². The first-order valence-electron chi connectivity index (χ1n) is 9.26. The molecule has 2 aromatic carbocycles. The topological polar surface area (TPSA) is 51.2 Å². The van der Waals surface area contributed by atoms with Gasteiger partial charge in [0.25, 0.3) is 5.91 Å². The monoisotopic (exact) mass is 382 g/mol. The first-order chi connectivity index (χ1) is 13.7. The van der Waals surface area contributed by atoms with Gasteiger partial charge in [-0.15, -0.1) is 0 Å². The van der Waals surface area contributed by atoms with Gasteiger partial charge in [-0.3, -0.25) is 4.79 Å². The molecule has 0 aliphatic carbocycles. The predicted octanol–water partition coefficient (Wildman–Crippen LogP) is 3.23. The molecule has 1 fully saturated rings. The van der Waals surface area contributed by atoms with Crippen LogP contribution in [-0.4, -0.2) is 57.8 Å². The molecule has 1 saturated heterocycles. The molecule has 1 amide bonds. The summed E-state index contributed by atoms with van der Waals surface area (Å²) in [5.74, 6) is 1.99. The molecule has 1 aliphatic heterocycles. The van der Waals surface area contributed by atoms with E-state index in [-0.39, 0.29) is 5.91 Å². The fourth-order valence-electron chi connectivity index (χ4n) is 3.21. The summed E-state index contributed by atoms with van der Waals surface area (Å²) in [5, 5.41) is 0. The molecule has 1 aliphatic rings. The molecule has 0 atom stereocenters. The Kier molecular flexibility index (Phi) is 6.42. The molecule has 0 saturated carbocycles. The van der Waals surface area contributed by atoms with Gasteiger partial charge in [-0.05, 0) is 42.5 Å². The number of hydrogen-bond acceptors (Lipinski definition) is 5. The Morgan fingerprint density at radius 1 is 1.00 bits per heavy atom. The number of methoxy groups -OCH3 is 2. The Bertz CT molecular complexity index is 812. The highest BCUT2D eigenvalue weighted by molar-refractivity contribution is 5.95. The number of piperazine rings is 1. The lowest BCUT2D eigenvalue weighted by atomic mass is 10.1. The summed E-state index contributed by atoms with van der Waals surface area (Å²) in [6.07, 6.45) is 1.67. The molecule has 0 bridgehead atoms. The molecule has 0 spiro atoms. The summed E-state index contributed by atoms with van der Waals surface area (Å²) in [6.45, 7) is 6.94. The van der Waals surface area contributed by atoms with Crippen molar-refractivity contribution in [1.29, 1.82) is 0 Å². The second kappa shape index (κ2) is 9.17. The van der Waals surface area contributed by atoms with Crippen molar-refractivity contribution in [1.82, 2.24) is 4.90 Å². The van der Waals surface area contributed by atoms with E-state index < -0.39 is 0 Å². The first-order valence-corrected chi connectivity index (χ1v) is 9.26. The molecule has 0 N–H and O–H groups in total. The number of rotatable bonds is 7. The van der Waals surface area contributed by atoms with Gasteiger partial charge in [0.15, 0.2) is 11.5 Å². The highest BCUT2D eigenvalue weighted by Gasteiger charge is 2.23. The maximum absolute atomic E-state index is 12.9. The van der Waals surface area contributed by atoms with Gasteiger partial charge in [-0.25, -0.2) is 0 Å². The third-order valence-corrected chi connectivity index (χ3v) is 4.77. The minimum absolute atomic E-state index is 0.00273. The Morgan fingerprint density at radius 2 is 1.71 bits per heavy atom. The average Bonchev–Trinajstić information content (AvgIpc) is 2.77. The molecule has 3 rings (SSSR count).